The lowest BCUT2D eigenvalue weighted by Crippen LogP contribution is -2.10. The minimum atomic E-state index is -0.319. The van der Waals surface area contributed by atoms with Gasteiger partial charge in [0.05, 0.1) is 25.2 Å². The first-order chi connectivity index (χ1) is 20.4. The van der Waals surface area contributed by atoms with Crippen LogP contribution < -0.4 is 15.2 Å². The third-order valence-corrected chi connectivity index (χ3v) is 7.00. The van der Waals surface area contributed by atoms with Crippen molar-refractivity contribution in [3.8, 4) is 22.6 Å². The SMILES string of the molecule is CCOC(=O)Cc1ccc(OCCOC)cc1OCc1nn(C(C)C)c2ccc(-c3ccc4ccnc(N)c4c3)cc12. The molecular weight excluding hydrogens is 532 g/mol. The fraction of sp³-hybridized carbons (Fsp3) is 0.303. The smallest absolute Gasteiger partial charge is 0.310 e. The fourth-order valence-electron chi connectivity index (χ4n) is 4.92. The monoisotopic (exact) mass is 568 g/mol. The Hall–Kier alpha value is -4.63. The highest BCUT2D eigenvalue weighted by atomic mass is 16.5. The van der Waals surface area contributed by atoms with Gasteiger partial charge in [-0.25, -0.2) is 4.98 Å². The van der Waals surface area contributed by atoms with Crippen molar-refractivity contribution in [2.45, 2.75) is 39.8 Å². The lowest BCUT2D eigenvalue weighted by atomic mass is 10.00. The molecule has 0 fully saturated rings. The van der Waals surface area contributed by atoms with E-state index in [2.05, 4.69) is 55.2 Å². The summed E-state index contributed by atoms with van der Waals surface area (Å²) in [7, 11) is 1.62. The number of carbonyl (C=O) groups is 1. The third kappa shape index (κ3) is 6.31. The number of hydrogen-bond acceptors (Lipinski definition) is 8. The summed E-state index contributed by atoms with van der Waals surface area (Å²) in [5.41, 5.74) is 10.7. The van der Waals surface area contributed by atoms with E-state index in [1.165, 1.54) is 0 Å². The minimum absolute atomic E-state index is 0.0901. The summed E-state index contributed by atoms with van der Waals surface area (Å²) in [5.74, 6) is 1.35. The van der Waals surface area contributed by atoms with E-state index < -0.39 is 0 Å². The van der Waals surface area contributed by atoms with Crippen molar-refractivity contribution in [2.75, 3.05) is 32.7 Å². The molecule has 2 N–H and O–H groups in total. The number of methoxy groups -OCH3 is 1. The molecule has 2 heterocycles. The Morgan fingerprint density at radius 3 is 2.50 bits per heavy atom. The molecule has 0 saturated heterocycles. The second-order valence-electron chi connectivity index (χ2n) is 10.2. The standard InChI is InChI=1S/C33H36N4O5/c1-5-40-32(38)18-25-8-10-26(41-15-14-39-4)19-31(25)42-20-29-28-17-24(9-11-30(28)37(36-29)21(2)3)23-7-6-22-12-13-35-33(34)27(22)16-23/h6-13,16-17,19,21H,5,14-15,18,20H2,1-4H3,(H2,34,35). The lowest BCUT2D eigenvalue weighted by molar-refractivity contribution is -0.142. The van der Waals surface area contributed by atoms with Crippen LogP contribution in [-0.2, 0) is 27.3 Å². The Morgan fingerprint density at radius 1 is 0.952 bits per heavy atom. The van der Waals surface area contributed by atoms with Gasteiger partial charge in [-0.15, -0.1) is 0 Å². The number of nitrogens with two attached hydrogens (primary N) is 1. The molecule has 0 bridgehead atoms. The van der Waals surface area contributed by atoms with E-state index in [-0.39, 0.29) is 25.0 Å². The minimum Gasteiger partial charge on any atom is -0.491 e. The second-order valence-corrected chi connectivity index (χ2v) is 10.2. The third-order valence-electron chi connectivity index (χ3n) is 7.00. The molecule has 0 radical (unpaired) electrons. The number of rotatable bonds is 12. The maximum Gasteiger partial charge on any atom is 0.310 e. The first-order valence-corrected chi connectivity index (χ1v) is 14.1. The topological polar surface area (TPSA) is 111 Å². The maximum atomic E-state index is 12.3. The van der Waals surface area contributed by atoms with Gasteiger partial charge in [-0.3, -0.25) is 9.48 Å². The number of nitrogens with zero attached hydrogens (tertiary/aromatic N) is 3. The number of pyridine rings is 1. The number of benzene rings is 3. The van der Waals surface area contributed by atoms with Crippen LogP contribution in [-0.4, -0.2) is 47.7 Å². The largest absolute Gasteiger partial charge is 0.491 e. The molecule has 5 aromatic rings. The Bertz CT molecular complexity index is 1710. The predicted octanol–water partition coefficient (Wildman–Crippen LogP) is 6.12. The molecule has 5 rings (SSSR count). The second kappa shape index (κ2) is 12.9. The number of nitrogen functional groups attached to an aromatic ring is 1. The van der Waals surface area contributed by atoms with Crippen molar-refractivity contribution < 1.29 is 23.7 Å². The van der Waals surface area contributed by atoms with Gasteiger partial charge < -0.3 is 24.7 Å². The molecule has 218 valence electrons. The van der Waals surface area contributed by atoms with Gasteiger partial charge in [-0.2, -0.15) is 5.10 Å². The average molecular weight is 569 g/mol. The number of anilines is 1. The zero-order valence-electron chi connectivity index (χ0n) is 24.4. The molecule has 42 heavy (non-hydrogen) atoms. The summed E-state index contributed by atoms with van der Waals surface area (Å²) in [5, 5.41) is 7.87. The summed E-state index contributed by atoms with van der Waals surface area (Å²) >= 11 is 0. The predicted molar refractivity (Wildman–Crippen MR) is 164 cm³/mol. The van der Waals surface area contributed by atoms with Gasteiger partial charge in [-0.05, 0) is 67.6 Å². The molecule has 0 saturated carbocycles. The molecule has 9 nitrogen and oxygen atoms in total. The Morgan fingerprint density at radius 2 is 1.74 bits per heavy atom. The van der Waals surface area contributed by atoms with E-state index in [4.69, 9.17) is 29.8 Å². The summed E-state index contributed by atoms with van der Waals surface area (Å²) in [4.78, 5) is 16.6. The van der Waals surface area contributed by atoms with E-state index in [0.29, 0.717) is 42.7 Å². The van der Waals surface area contributed by atoms with Crippen molar-refractivity contribution in [1.82, 2.24) is 14.8 Å². The molecular formula is C33H36N4O5. The highest BCUT2D eigenvalue weighted by Gasteiger charge is 2.17. The maximum absolute atomic E-state index is 12.3. The van der Waals surface area contributed by atoms with E-state index in [0.717, 1.165) is 38.5 Å². The molecule has 0 amide bonds. The summed E-state index contributed by atoms with van der Waals surface area (Å²) in [6.45, 7) is 7.36. The van der Waals surface area contributed by atoms with E-state index in [1.807, 2.05) is 22.9 Å². The van der Waals surface area contributed by atoms with Gasteiger partial charge in [0, 0.05) is 41.8 Å². The molecule has 0 spiro atoms. The molecule has 0 aliphatic rings. The Kier molecular flexibility index (Phi) is 8.88. The van der Waals surface area contributed by atoms with Crippen LogP contribution in [0.2, 0.25) is 0 Å². The number of aromatic nitrogens is 3. The first-order valence-electron chi connectivity index (χ1n) is 14.1. The fourth-order valence-corrected chi connectivity index (χ4v) is 4.92. The van der Waals surface area contributed by atoms with Crippen molar-refractivity contribution in [2.24, 2.45) is 0 Å². The van der Waals surface area contributed by atoms with E-state index in [1.54, 1.807) is 26.3 Å². The molecule has 9 heteroatoms. The van der Waals surface area contributed by atoms with Crippen LogP contribution in [0.3, 0.4) is 0 Å². The number of ether oxygens (including phenoxy) is 4. The molecule has 0 unspecified atom stereocenters. The zero-order valence-corrected chi connectivity index (χ0v) is 24.4. The van der Waals surface area contributed by atoms with E-state index in [9.17, 15) is 4.79 Å². The van der Waals surface area contributed by atoms with Crippen molar-refractivity contribution in [3.05, 3.63) is 78.1 Å². The van der Waals surface area contributed by atoms with Crippen LogP contribution in [0.15, 0.2) is 66.9 Å². The van der Waals surface area contributed by atoms with Crippen molar-refractivity contribution >= 4 is 33.5 Å². The number of fused-ring (bicyclic) bond motifs is 2. The van der Waals surface area contributed by atoms with Crippen LogP contribution in [0, 0.1) is 0 Å². The van der Waals surface area contributed by atoms with Gasteiger partial charge >= 0.3 is 5.97 Å². The van der Waals surface area contributed by atoms with Gasteiger partial charge in [0.15, 0.2) is 0 Å². The highest BCUT2D eigenvalue weighted by molar-refractivity contribution is 5.95. The van der Waals surface area contributed by atoms with Crippen LogP contribution in [0.5, 0.6) is 11.5 Å². The number of esters is 1. The van der Waals surface area contributed by atoms with Gasteiger partial charge in [0.2, 0.25) is 0 Å². The van der Waals surface area contributed by atoms with Crippen LogP contribution >= 0.6 is 0 Å². The molecule has 2 aromatic heterocycles. The number of carbonyl (C=O) groups excluding carboxylic acids is 1. The molecule has 0 aliphatic heterocycles. The van der Waals surface area contributed by atoms with Crippen molar-refractivity contribution in [3.63, 3.8) is 0 Å². The van der Waals surface area contributed by atoms with Crippen LogP contribution in [0.25, 0.3) is 32.8 Å². The van der Waals surface area contributed by atoms with Crippen LogP contribution in [0.1, 0.15) is 38.1 Å². The summed E-state index contributed by atoms with van der Waals surface area (Å²) < 4.78 is 24.4. The lowest BCUT2D eigenvalue weighted by Gasteiger charge is -2.13. The first kappa shape index (κ1) is 28.9. The quantitative estimate of drug-likeness (QED) is 0.141. The molecule has 0 atom stereocenters. The van der Waals surface area contributed by atoms with Gasteiger partial charge in [0.25, 0.3) is 0 Å². The summed E-state index contributed by atoms with van der Waals surface area (Å²) in [6, 6.07) is 20.1. The molecule has 0 aliphatic carbocycles. The van der Waals surface area contributed by atoms with Crippen molar-refractivity contribution in [1.29, 1.82) is 0 Å². The normalized spacial score (nSPS) is 11.4. The van der Waals surface area contributed by atoms with Gasteiger partial charge in [0.1, 0.15) is 36.2 Å². The van der Waals surface area contributed by atoms with Crippen LogP contribution in [0.4, 0.5) is 5.82 Å². The number of hydrogen-bond donors (Lipinski definition) is 1. The van der Waals surface area contributed by atoms with Gasteiger partial charge in [-0.1, -0.05) is 24.3 Å². The Balaban J connectivity index is 1.49. The zero-order chi connectivity index (χ0) is 29.6. The summed E-state index contributed by atoms with van der Waals surface area (Å²) in [6.07, 6.45) is 1.81. The molecule has 3 aromatic carbocycles. The average Bonchev–Trinajstić information content (AvgIpc) is 3.35. The van der Waals surface area contributed by atoms with E-state index >= 15 is 0 Å². The highest BCUT2D eigenvalue weighted by Crippen LogP contribution is 2.32. The Labute approximate surface area is 245 Å².